The van der Waals surface area contributed by atoms with E-state index in [1.807, 2.05) is 42.5 Å². The zero-order chi connectivity index (χ0) is 17.9. The van der Waals surface area contributed by atoms with Crippen LogP contribution in [0.4, 0.5) is 4.79 Å². The van der Waals surface area contributed by atoms with Crippen LogP contribution in [-0.4, -0.2) is 25.2 Å². The normalized spacial score (nSPS) is 10.4. The van der Waals surface area contributed by atoms with Gasteiger partial charge in [-0.05, 0) is 30.2 Å². The molecule has 0 bridgehead atoms. The maximum absolute atomic E-state index is 11.7. The Morgan fingerprint density at radius 2 is 1.84 bits per heavy atom. The highest BCUT2D eigenvalue weighted by molar-refractivity contribution is 5.90. The molecule has 5 heteroatoms. The molecule has 0 atom stereocenters. The topological polar surface area (TPSA) is 64.6 Å². The molecule has 5 nitrogen and oxygen atoms in total. The SMILES string of the molecule is CCOC(=O)c1cccc(C=CCNC(=O)OCc2ccccc2)c1. The molecule has 0 spiro atoms. The van der Waals surface area contributed by atoms with Gasteiger partial charge in [-0.25, -0.2) is 9.59 Å². The predicted molar refractivity (Wildman–Crippen MR) is 96.1 cm³/mol. The first-order valence-electron chi connectivity index (χ1n) is 8.07. The Balaban J connectivity index is 1.76. The Labute approximate surface area is 147 Å². The number of esters is 1. The van der Waals surface area contributed by atoms with Crippen LogP contribution in [0, 0.1) is 0 Å². The molecule has 0 fully saturated rings. The highest BCUT2D eigenvalue weighted by Gasteiger charge is 2.05. The maximum Gasteiger partial charge on any atom is 0.407 e. The number of carbonyl (C=O) groups is 2. The average molecular weight is 339 g/mol. The van der Waals surface area contributed by atoms with E-state index in [9.17, 15) is 9.59 Å². The van der Waals surface area contributed by atoms with E-state index in [0.717, 1.165) is 11.1 Å². The van der Waals surface area contributed by atoms with E-state index in [1.165, 1.54) is 0 Å². The van der Waals surface area contributed by atoms with Crippen LogP contribution in [0.1, 0.15) is 28.4 Å². The highest BCUT2D eigenvalue weighted by Crippen LogP contribution is 2.08. The molecule has 0 aliphatic heterocycles. The van der Waals surface area contributed by atoms with Gasteiger partial charge in [0.05, 0.1) is 12.2 Å². The van der Waals surface area contributed by atoms with Gasteiger partial charge in [-0.3, -0.25) is 0 Å². The van der Waals surface area contributed by atoms with Crippen molar-refractivity contribution < 1.29 is 19.1 Å². The molecule has 25 heavy (non-hydrogen) atoms. The van der Waals surface area contributed by atoms with Gasteiger partial charge >= 0.3 is 12.1 Å². The minimum Gasteiger partial charge on any atom is -0.462 e. The third-order valence-electron chi connectivity index (χ3n) is 3.29. The van der Waals surface area contributed by atoms with Crippen LogP contribution in [0.5, 0.6) is 0 Å². The number of ether oxygens (including phenoxy) is 2. The van der Waals surface area contributed by atoms with E-state index < -0.39 is 6.09 Å². The van der Waals surface area contributed by atoms with Gasteiger partial charge in [0.1, 0.15) is 6.61 Å². The van der Waals surface area contributed by atoms with Gasteiger partial charge < -0.3 is 14.8 Å². The van der Waals surface area contributed by atoms with Gasteiger partial charge in [0.15, 0.2) is 0 Å². The summed E-state index contributed by atoms with van der Waals surface area (Å²) in [5.41, 5.74) is 2.29. The highest BCUT2D eigenvalue weighted by atomic mass is 16.5. The number of benzene rings is 2. The van der Waals surface area contributed by atoms with E-state index in [4.69, 9.17) is 9.47 Å². The van der Waals surface area contributed by atoms with Crippen LogP contribution in [0.25, 0.3) is 6.08 Å². The first kappa shape index (κ1) is 18.3. The van der Waals surface area contributed by atoms with Gasteiger partial charge in [-0.1, -0.05) is 54.6 Å². The molecular formula is C20H21NO4. The van der Waals surface area contributed by atoms with Crippen LogP contribution in [0.15, 0.2) is 60.7 Å². The van der Waals surface area contributed by atoms with Crippen LogP contribution >= 0.6 is 0 Å². The molecule has 2 aromatic carbocycles. The van der Waals surface area contributed by atoms with Gasteiger partial charge in [0.2, 0.25) is 0 Å². The predicted octanol–water partition coefficient (Wildman–Crippen LogP) is 3.80. The van der Waals surface area contributed by atoms with Crippen molar-refractivity contribution in [1.29, 1.82) is 0 Å². The largest absolute Gasteiger partial charge is 0.462 e. The zero-order valence-corrected chi connectivity index (χ0v) is 14.1. The molecule has 0 radical (unpaired) electrons. The first-order valence-corrected chi connectivity index (χ1v) is 8.07. The van der Waals surface area contributed by atoms with Crippen molar-refractivity contribution in [3.8, 4) is 0 Å². The third-order valence-corrected chi connectivity index (χ3v) is 3.29. The fourth-order valence-electron chi connectivity index (χ4n) is 2.10. The van der Waals surface area contributed by atoms with Crippen molar-refractivity contribution in [3.63, 3.8) is 0 Å². The van der Waals surface area contributed by atoms with Crippen molar-refractivity contribution in [1.82, 2.24) is 5.32 Å². The molecule has 0 saturated carbocycles. The fourth-order valence-corrected chi connectivity index (χ4v) is 2.10. The Bertz CT molecular complexity index is 725. The van der Waals surface area contributed by atoms with Crippen molar-refractivity contribution >= 4 is 18.1 Å². The van der Waals surface area contributed by atoms with Gasteiger partial charge in [-0.2, -0.15) is 0 Å². The summed E-state index contributed by atoms with van der Waals surface area (Å²) in [6, 6.07) is 16.6. The lowest BCUT2D eigenvalue weighted by molar-refractivity contribution is 0.0526. The Morgan fingerprint density at radius 3 is 2.60 bits per heavy atom. The van der Waals surface area contributed by atoms with Gasteiger partial charge in [0, 0.05) is 6.54 Å². The molecule has 1 N–H and O–H groups in total. The van der Waals surface area contributed by atoms with E-state index >= 15 is 0 Å². The van der Waals surface area contributed by atoms with Gasteiger partial charge in [0.25, 0.3) is 0 Å². The average Bonchev–Trinajstić information content (AvgIpc) is 2.65. The third kappa shape index (κ3) is 6.51. The molecule has 0 aliphatic rings. The Hall–Kier alpha value is -3.08. The summed E-state index contributed by atoms with van der Waals surface area (Å²) in [5, 5.41) is 2.64. The molecule has 1 amide bonds. The van der Waals surface area contributed by atoms with Crippen LogP contribution in [0.3, 0.4) is 0 Å². The van der Waals surface area contributed by atoms with E-state index in [1.54, 1.807) is 31.2 Å². The second-order valence-corrected chi connectivity index (χ2v) is 5.19. The Morgan fingerprint density at radius 1 is 1.04 bits per heavy atom. The quantitative estimate of drug-likeness (QED) is 0.779. The van der Waals surface area contributed by atoms with Gasteiger partial charge in [-0.15, -0.1) is 0 Å². The molecule has 2 aromatic rings. The van der Waals surface area contributed by atoms with E-state index in [-0.39, 0.29) is 12.6 Å². The van der Waals surface area contributed by atoms with Crippen molar-refractivity contribution in [3.05, 3.63) is 77.4 Å². The number of carbonyl (C=O) groups excluding carboxylic acids is 2. The number of hydrogen-bond donors (Lipinski definition) is 1. The second kappa shape index (κ2) is 9.93. The summed E-state index contributed by atoms with van der Waals surface area (Å²) in [4.78, 5) is 23.3. The standard InChI is InChI=1S/C20H21NO4/c1-2-24-19(22)18-12-6-10-16(14-18)11-7-13-21-20(23)25-15-17-8-4-3-5-9-17/h3-12,14H,2,13,15H2,1H3,(H,21,23). The minimum atomic E-state index is -0.478. The summed E-state index contributed by atoms with van der Waals surface area (Å²) in [5.74, 6) is -0.347. The molecule has 0 saturated heterocycles. The van der Waals surface area contributed by atoms with Crippen molar-refractivity contribution in [2.45, 2.75) is 13.5 Å². The lowest BCUT2D eigenvalue weighted by Gasteiger charge is -2.05. The lowest BCUT2D eigenvalue weighted by Crippen LogP contribution is -2.24. The summed E-state index contributed by atoms with van der Waals surface area (Å²) >= 11 is 0. The number of rotatable bonds is 7. The fraction of sp³-hybridized carbons (Fsp3) is 0.200. The summed E-state index contributed by atoms with van der Waals surface area (Å²) in [6.45, 7) is 2.67. The summed E-state index contributed by atoms with van der Waals surface area (Å²) < 4.78 is 10.1. The molecule has 0 heterocycles. The minimum absolute atomic E-state index is 0.234. The van der Waals surface area contributed by atoms with Crippen LogP contribution in [0.2, 0.25) is 0 Å². The maximum atomic E-state index is 11.7. The molecule has 2 rings (SSSR count). The van der Waals surface area contributed by atoms with E-state index in [0.29, 0.717) is 18.7 Å². The number of alkyl carbamates (subject to hydrolysis) is 1. The second-order valence-electron chi connectivity index (χ2n) is 5.19. The van der Waals surface area contributed by atoms with Crippen LogP contribution in [-0.2, 0) is 16.1 Å². The smallest absolute Gasteiger partial charge is 0.407 e. The Kier molecular flexibility index (Phi) is 7.25. The molecule has 0 aromatic heterocycles. The summed E-state index contributed by atoms with van der Waals surface area (Å²) in [7, 11) is 0. The molecule has 0 aliphatic carbocycles. The van der Waals surface area contributed by atoms with Crippen LogP contribution < -0.4 is 5.32 Å². The van der Waals surface area contributed by atoms with Crippen molar-refractivity contribution in [2.75, 3.05) is 13.2 Å². The van der Waals surface area contributed by atoms with E-state index in [2.05, 4.69) is 5.32 Å². The zero-order valence-electron chi connectivity index (χ0n) is 14.1. The monoisotopic (exact) mass is 339 g/mol. The molecule has 0 unspecified atom stereocenters. The first-order chi connectivity index (χ1) is 12.2. The summed E-state index contributed by atoms with van der Waals surface area (Å²) in [6.07, 6.45) is 3.13. The number of nitrogens with one attached hydrogen (secondary N) is 1. The number of amides is 1. The lowest BCUT2D eigenvalue weighted by atomic mass is 10.1. The number of hydrogen-bond acceptors (Lipinski definition) is 4. The molecular weight excluding hydrogens is 318 g/mol. The molecule has 130 valence electrons. The van der Waals surface area contributed by atoms with Crippen molar-refractivity contribution in [2.24, 2.45) is 0 Å².